The fraction of sp³-hybridized carbons (Fsp3) is 0.111. The van der Waals surface area contributed by atoms with E-state index >= 15 is 0 Å². The van der Waals surface area contributed by atoms with Crippen LogP contribution in [0.3, 0.4) is 0 Å². The number of hydrogen-bond acceptors (Lipinski definition) is 5. The zero-order valence-corrected chi connectivity index (χ0v) is 13.4. The molecule has 24 heavy (non-hydrogen) atoms. The van der Waals surface area contributed by atoms with Crippen LogP contribution in [0.15, 0.2) is 54.6 Å². The van der Waals surface area contributed by atoms with E-state index in [9.17, 15) is 4.39 Å². The molecule has 0 fully saturated rings. The van der Waals surface area contributed by atoms with E-state index in [-0.39, 0.29) is 5.82 Å². The lowest BCUT2D eigenvalue weighted by atomic mass is 10.3. The van der Waals surface area contributed by atoms with Gasteiger partial charge in [0, 0.05) is 17.4 Å². The molecule has 5 nitrogen and oxygen atoms in total. The lowest BCUT2D eigenvalue weighted by molar-refractivity contribution is 0.417. The van der Waals surface area contributed by atoms with Crippen LogP contribution < -0.4 is 15.4 Å². The molecule has 0 bridgehead atoms. The summed E-state index contributed by atoms with van der Waals surface area (Å²) < 4.78 is 18.6. The van der Waals surface area contributed by atoms with Crippen molar-refractivity contribution in [1.29, 1.82) is 0 Å². The normalized spacial score (nSPS) is 10.3. The Bertz CT molecular complexity index is 854. The summed E-state index contributed by atoms with van der Waals surface area (Å²) in [6, 6.07) is 15.5. The maximum atomic E-state index is 13.3. The van der Waals surface area contributed by atoms with E-state index in [2.05, 4.69) is 20.6 Å². The molecular formula is C18H17FN4O. The van der Waals surface area contributed by atoms with Gasteiger partial charge in [-0.05, 0) is 37.3 Å². The molecule has 0 spiro atoms. The van der Waals surface area contributed by atoms with Crippen molar-refractivity contribution in [1.82, 2.24) is 9.97 Å². The predicted octanol–water partition coefficient (Wildman–Crippen LogP) is 4.42. The van der Waals surface area contributed by atoms with Crippen molar-refractivity contribution >= 4 is 23.1 Å². The molecular weight excluding hydrogens is 307 g/mol. The van der Waals surface area contributed by atoms with Crippen LogP contribution in [0.5, 0.6) is 5.75 Å². The Morgan fingerprint density at radius 1 is 0.958 bits per heavy atom. The smallest absolute Gasteiger partial charge is 0.229 e. The number of rotatable bonds is 5. The number of halogens is 1. The molecule has 0 amide bonds. The molecule has 0 aliphatic heterocycles. The first kappa shape index (κ1) is 15.7. The largest absolute Gasteiger partial charge is 0.495 e. The van der Waals surface area contributed by atoms with E-state index in [0.717, 1.165) is 11.4 Å². The first-order valence-electron chi connectivity index (χ1n) is 7.42. The van der Waals surface area contributed by atoms with Gasteiger partial charge in [-0.1, -0.05) is 18.2 Å². The van der Waals surface area contributed by atoms with Gasteiger partial charge in [-0.3, -0.25) is 0 Å². The molecule has 2 aromatic carbocycles. The highest BCUT2D eigenvalue weighted by atomic mass is 19.1. The minimum Gasteiger partial charge on any atom is -0.495 e. The lowest BCUT2D eigenvalue weighted by Gasteiger charge is -2.12. The third kappa shape index (κ3) is 3.78. The average molecular weight is 324 g/mol. The first-order chi connectivity index (χ1) is 11.6. The van der Waals surface area contributed by atoms with Crippen LogP contribution in [0, 0.1) is 12.7 Å². The molecule has 3 aromatic rings. The van der Waals surface area contributed by atoms with Crippen LogP contribution in [-0.2, 0) is 0 Å². The average Bonchev–Trinajstić information content (AvgIpc) is 2.55. The Morgan fingerprint density at radius 2 is 1.79 bits per heavy atom. The highest BCUT2D eigenvalue weighted by Gasteiger charge is 2.07. The standard InChI is InChI=1S/C18H17FN4O/c1-12-10-17(22-15-8-3-4-9-16(15)24-2)23-18(20-12)21-14-7-5-6-13(19)11-14/h3-11H,1-2H3,(H2,20,21,22,23). The van der Waals surface area contributed by atoms with Gasteiger partial charge in [-0.15, -0.1) is 0 Å². The molecule has 122 valence electrons. The fourth-order valence-electron chi connectivity index (χ4n) is 2.27. The number of hydrogen-bond donors (Lipinski definition) is 2. The van der Waals surface area contributed by atoms with Crippen LogP contribution in [0.2, 0.25) is 0 Å². The van der Waals surface area contributed by atoms with Gasteiger partial charge < -0.3 is 15.4 Å². The van der Waals surface area contributed by atoms with Crippen LogP contribution in [0.4, 0.5) is 27.5 Å². The summed E-state index contributed by atoms with van der Waals surface area (Å²) in [5, 5.41) is 6.22. The fourth-order valence-corrected chi connectivity index (χ4v) is 2.27. The maximum Gasteiger partial charge on any atom is 0.229 e. The number of nitrogens with zero attached hydrogens (tertiary/aromatic N) is 2. The first-order valence-corrected chi connectivity index (χ1v) is 7.42. The number of anilines is 4. The van der Waals surface area contributed by atoms with Crippen LogP contribution in [0.25, 0.3) is 0 Å². The second-order valence-electron chi connectivity index (χ2n) is 5.18. The van der Waals surface area contributed by atoms with E-state index < -0.39 is 0 Å². The molecule has 3 rings (SSSR count). The summed E-state index contributed by atoms with van der Waals surface area (Å²) in [4.78, 5) is 8.74. The number of benzene rings is 2. The summed E-state index contributed by atoms with van der Waals surface area (Å²) in [5.74, 6) is 1.40. The lowest BCUT2D eigenvalue weighted by Crippen LogP contribution is -2.03. The Hall–Kier alpha value is -3.15. The van der Waals surface area contributed by atoms with Gasteiger partial charge in [-0.25, -0.2) is 9.37 Å². The maximum absolute atomic E-state index is 13.3. The van der Waals surface area contributed by atoms with E-state index in [0.29, 0.717) is 23.2 Å². The quantitative estimate of drug-likeness (QED) is 0.727. The molecule has 1 aromatic heterocycles. The number of aryl methyl sites for hydroxylation is 1. The monoisotopic (exact) mass is 324 g/mol. The Labute approximate surface area is 139 Å². The highest BCUT2D eigenvalue weighted by Crippen LogP contribution is 2.27. The minimum absolute atomic E-state index is 0.319. The zero-order valence-electron chi connectivity index (χ0n) is 13.4. The van der Waals surface area contributed by atoms with Gasteiger partial charge >= 0.3 is 0 Å². The molecule has 2 N–H and O–H groups in total. The molecule has 0 unspecified atom stereocenters. The molecule has 0 aliphatic carbocycles. The Kier molecular flexibility index (Phi) is 4.56. The van der Waals surface area contributed by atoms with Gasteiger partial charge in [0.1, 0.15) is 17.4 Å². The van der Waals surface area contributed by atoms with E-state index in [1.165, 1.54) is 12.1 Å². The van der Waals surface area contributed by atoms with Crippen molar-refractivity contribution in [2.45, 2.75) is 6.92 Å². The van der Waals surface area contributed by atoms with Crippen LogP contribution in [0.1, 0.15) is 5.69 Å². The summed E-state index contributed by atoms with van der Waals surface area (Å²) >= 11 is 0. The van der Waals surface area contributed by atoms with Crippen LogP contribution >= 0.6 is 0 Å². The summed E-state index contributed by atoms with van der Waals surface area (Å²) in [6.07, 6.45) is 0. The zero-order chi connectivity index (χ0) is 16.9. The topological polar surface area (TPSA) is 59.1 Å². The molecule has 6 heteroatoms. The van der Waals surface area contributed by atoms with Gasteiger partial charge in [0.15, 0.2) is 0 Å². The molecule has 1 heterocycles. The Balaban J connectivity index is 1.86. The number of methoxy groups -OCH3 is 1. The number of para-hydroxylation sites is 2. The second-order valence-corrected chi connectivity index (χ2v) is 5.18. The third-order valence-corrected chi connectivity index (χ3v) is 3.30. The van der Waals surface area contributed by atoms with Crippen molar-refractivity contribution in [3.05, 3.63) is 66.1 Å². The molecule has 0 saturated heterocycles. The molecule has 0 atom stereocenters. The predicted molar refractivity (Wildman–Crippen MR) is 92.7 cm³/mol. The van der Waals surface area contributed by atoms with E-state index in [4.69, 9.17) is 4.74 Å². The van der Waals surface area contributed by atoms with Gasteiger partial charge in [0.25, 0.3) is 0 Å². The van der Waals surface area contributed by atoms with Gasteiger partial charge in [0.05, 0.1) is 12.8 Å². The van der Waals surface area contributed by atoms with Crippen molar-refractivity contribution in [2.24, 2.45) is 0 Å². The van der Waals surface area contributed by atoms with Crippen molar-refractivity contribution in [2.75, 3.05) is 17.7 Å². The van der Waals surface area contributed by atoms with Crippen molar-refractivity contribution in [3.63, 3.8) is 0 Å². The number of aromatic nitrogens is 2. The second kappa shape index (κ2) is 6.95. The Morgan fingerprint density at radius 3 is 2.58 bits per heavy atom. The third-order valence-electron chi connectivity index (χ3n) is 3.30. The molecule has 0 saturated carbocycles. The minimum atomic E-state index is -0.319. The molecule has 0 radical (unpaired) electrons. The summed E-state index contributed by atoms with van der Waals surface area (Å²) in [5.41, 5.74) is 2.17. The van der Waals surface area contributed by atoms with Gasteiger partial charge in [0.2, 0.25) is 5.95 Å². The highest BCUT2D eigenvalue weighted by molar-refractivity contribution is 5.65. The number of ether oxygens (including phenoxy) is 1. The van der Waals surface area contributed by atoms with E-state index in [1.807, 2.05) is 37.3 Å². The van der Waals surface area contributed by atoms with E-state index in [1.54, 1.807) is 19.2 Å². The summed E-state index contributed by atoms with van der Waals surface area (Å²) in [6.45, 7) is 1.87. The number of nitrogens with one attached hydrogen (secondary N) is 2. The van der Waals surface area contributed by atoms with Crippen LogP contribution in [-0.4, -0.2) is 17.1 Å². The van der Waals surface area contributed by atoms with Gasteiger partial charge in [-0.2, -0.15) is 4.98 Å². The summed E-state index contributed by atoms with van der Waals surface area (Å²) in [7, 11) is 1.61. The van der Waals surface area contributed by atoms with Crippen molar-refractivity contribution in [3.8, 4) is 5.75 Å². The molecule has 0 aliphatic rings. The van der Waals surface area contributed by atoms with Crippen molar-refractivity contribution < 1.29 is 9.13 Å². The SMILES string of the molecule is COc1ccccc1Nc1cc(C)nc(Nc2cccc(F)c2)n1.